The van der Waals surface area contributed by atoms with Gasteiger partial charge in [0.05, 0.1) is 5.56 Å². The van der Waals surface area contributed by atoms with Crippen LogP contribution in [0.3, 0.4) is 0 Å². The molecule has 1 aliphatic rings. The van der Waals surface area contributed by atoms with Crippen molar-refractivity contribution in [3.63, 3.8) is 0 Å². The molecule has 0 bridgehead atoms. The molecule has 1 aromatic heterocycles. The van der Waals surface area contributed by atoms with Crippen molar-refractivity contribution in [1.82, 2.24) is 9.80 Å². The Balaban J connectivity index is 1.55. The van der Waals surface area contributed by atoms with Crippen molar-refractivity contribution >= 4 is 17.2 Å². The minimum absolute atomic E-state index is 0.128. The van der Waals surface area contributed by atoms with E-state index in [1.165, 1.54) is 10.9 Å². The van der Waals surface area contributed by atoms with Crippen molar-refractivity contribution in [2.75, 3.05) is 26.2 Å². The number of amides is 1. The second kappa shape index (κ2) is 7.45. The predicted octanol–water partition coefficient (Wildman–Crippen LogP) is 3.97. The van der Waals surface area contributed by atoms with E-state index in [1.54, 1.807) is 23.5 Å². The fourth-order valence-electron chi connectivity index (χ4n) is 2.95. The number of thiophene rings is 1. The van der Waals surface area contributed by atoms with E-state index in [2.05, 4.69) is 18.7 Å². The highest BCUT2D eigenvalue weighted by Gasteiger charge is 2.23. The first kappa shape index (κ1) is 17.1. The molecule has 0 spiro atoms. The highest BCUT2D eigenvalue weighted by Crippen LogP contribution is 2.24. The van der Waals surface area contributed by atoms with Gasteiger partial charge in [0.1, 0.15) is 5.82 Å². The molecule has 0 radical (unpaired) electrons. The Morgan fingerprint density at radius 3 is 2.58 bits per heavy atom. The SMILES string of the molecule is CC(C)c1cc(C(=O)N2CCN(Cc3cccc(F)c3)CC2)cs1. The summed E-state index contributed by atoms with van der Waals surface area (Å²) in [6, 6.07) is 8.76. The molecule has 0 aliphatic carbocycles. The maximum atomic E-state index is 13.3. The summed E-state index contributed by atoms with van der Waals surface area (Å²) in [6.45, 7) is 8.11. The predicted molar refractivity (Wildman–Crippen MR) is 96.0 cm³/mol. The van der Waals surface area contributed by atoms with Crippen LogP contribution in [-0.4, -0.2) is 41.9 Å². The van der Waals surface area contributed by atoms with E-state index in [9.17, 15) is 9.18 Å². The summed E-state index contributed by atoms with van der Waals surface area (Å²) < 4.78 is 13.3. The smallest absolute Gasteiger partial charge is 0.254 e. The Bertz CT molecular complexity index is 705. The molecular weight excluding hydrogens is 323 g/mol. The first-order valence-electron chi connectivity index (χ1n) is 8.37. The summed E-state index contributed by atoms with van der Waals surface area (Å²) in [4.78, 5) is 18.1. The van der Waals surface area contributed by atoms with E-state index >= 15 is 0 Å². The molecule has 1 saturated heterocycles. The lowest BCUT2D eigenvalue weighted by Gasteiger charge is -2.34. The summed E-state index contributed by atoms with van der Waals surface area (Å²) in [5, 5.41) is 1.97. The van der Waals surface area contributed by atoms with Crippen LogP contribution < -0.4 is 0 Å². The van der Waals surface area contributed by atoms with Gasteiger partial charge in [0.25, 0.3) is 5.91 Å². The highest BCUT2D eigenvalue weighted by atomic mass is 32.1. The number of rotatable bonds is 4. The molecule has 2 heterocycles. The van der Waals surface area contributed by atoms with Gasteiger partial charge in [-0.1, -0.05) is 26.0 Å². The number of piperazine rings is 1. The zero-order valence-corrected chi connectivity index (χ0v) is 15.0. The van der Waals surface area contributed by atoms with Gasteiger partial charge in [-0.25, -0.2) is 4.39 Å². The van der Waals surface area contributed by atoms with Gasteiger partial charge in [0.15, 0.2) is 0 Å². The Hall–Kier alpha value is -1.72. The van der Waals surface area contributed by atoms with E-state index in [4.69, 9.17) is 0 Å². The molecule has 128 valence electrons. The molecule has 3 rings (SSSR count). The van der Waals surface area contributed by atoms with E-state index in [-0.39, 0.29) is 11.7 Å². The molecule has 1 aliphatic heterocycles. The molecule has 0 atom stereocenters. The van der Waals surface area contributed by atoms with Crippen LogP contribution in [0.25, 0.3) is 0 Å². The third kappa shape index (κ3) is 4.02. The quantitative estimate of drug-likeness (QED) is 0.836. The number of halogens is 1. The number of benzene rings is 1. The Morgan fingerprint density at radius 1 is 1.21 bits per heavy atom. The summed E-state index contributed by atoms with van der Waals surface area (Å²) >= 11 is 1.66. The summed E-state index contributed by atoms with van der Waals surface area (Å²) in [7, 11) is 0. The Morgan fingerprint density at radius 2 is 1.96 bits per heavy atom. The van der Waals surface area contributed by atoms with Gasteiger partial charge in [-0.2, -0.15) is 0 Å². The minimum atomic E-state index is -0.195. The molecule has 5 heteroatoms. The van der Waals surface area contributed by atoms with Gasteiger partial charge in [0.2, 0.25) is 0 Å². The number of carbonyl (C=O) groups is 1. The van der Waals surface area contributed by atoms with Gasteiger partial charge in [-0.3, -0.25) is 9.69 Å². The third-order valence-electron chi connectivity index (χ3n) is 4.39. The largest absolute Gasteiger partial charge is 0.336 e. The van der Waals surface area contributed by atoms with Crippen LogP contribution in [0.4, 0.5) is 4.39 Å². The van der Waals surface area contributed by atoms with E-state index in [0.717, 1.165) is 43.9 Å². The molecule has 1 amide bonds. The topological polar surface area (TPSA) is 23.6 Å². The van der Waals surface area contributed by atoms with E-state index in [1.807, 2.05) is 22.4 Å². The lowest BCUT2D eigenvalue weighted by Crippen LogP contribution is -2.48. The van der Waals surface area contributed by atoms with Crippen LogP contribution in [0.15, 0.2) is 35.7 Å². The van der Waals surface area contributed by atoms with Crippen LogP contribution in [-0.2, 0) is 6.54 Å². The maximum absolute atomic E-state index is 13.3. The zero-order chi connectivity index (χ0) is 17.1. The van der Waals surface area contributed by atoms with Gasteiger partial charge in [-0.15, -0.1) is 11.3 Å². The third-order valence-corrected chi connectivity index (χ3v) is 5.62. The average molecular weight is 346 g/mol. The highest BCUT2D eigenvalue weighted by molar-refractivity contribution is 7.10. The average Bonchev–Trinajstić information content (AvgIpc) is 3.05. The molecule has 3 nitrogen and oxygen atoms in total. The zero-order valence-electron chi connectivity index (χ0n) is 14.2. The Labute approximate surface area is 146 Å². The number of hydrogen-bond donors (Lipinski definition) is 0. The van der Waals surface area contributed by atoms with Crippen LogP contribution in [0.1, 0.15) is 40.6 Å². The molecule has 1 aromatic carbocycles. The number of nitrogens with zero attached hydrogens (tertiary/aromatic N) is 2. The summed E-state index contributed by atoms with van der Waals surface area (Å²) in [6.07, 6.45) is 0. The minimum Gasteiger partial charge on any atom is -0.336 e. The maximum Gasteiger partial charge on any atom is 0.254 e. The molecule has 24 heavy (non-hydrogen) atoms. The lowest BCUT2D eigenvalue weighted by atomic mass is 10.1. The van der Waals surface area contributed by atoms with Crippen LogP contribution in [0, 0.1) is 5.82 Å². The lowest BCUT2D eigenvalue weighted by molar-refractivity contribution is 0.0629. The summed E-state index contributed by atoms with van der Waals surface area (Å²) in [5.41, 5.74) is 1.79. The molecule has 0 unspecified atom stereocenters. The molecular formula is C19H23FN2OS. The fraction of sp³-hybridized carbons (Fsp3) is 0.421. The first-order chi connectivity index (χ1) is 11.5. The summed E-state index contributed by atoms with van der Waals surface area (Å²) in [5.74, 6) is 0.392. The van der Waals surface area contributed by atoms with Crippen molar-refractivity contribution in [1.29, 1.82) is 0 Å². The molecule has 0 saturated carbocycles. The second-order valence-electron chi connectivity index (χ2n) is 6.59. The van der Waals surface area contributed by atoms with Crippen molar-refractivity contribution in [2.24, 2.45) is 0 Å². The van der Waals surface area contributed by atoms with Crippen molar-refractivity contribution in [3.8, 4) is 0 Å². The molecule has 0 N–H and O–H groups in total. The van der Waals surface area contributed by atoms with Crippen LogP contribution in [0.5, 0.6) is 0 Å². The van der Waals surface area contributed by atoms with Gasteiger partial charge in [-0.05, 0) is 29.7 Å². The monoisotopic (exact) mass is 346 g/mol. The standard InChI is InChI=1S/C19H23FN2OS/c1-14(2)18-11-16(13-24-18)19(23)22-8-6-21(7-9-22)12-15-4-3-5-17(20)10-15/h3-5,10-11,13-14H,6-9,12H2,1-2H3. The number of hydrogen-bond acceptors (Lipinski definition) is 3. The van der Waals surface area contributed by atoms with Crippen LogP contribution >= 0.6 is 11.3 Å². The van der Waals surface area contributed by atoms with Crippen molar-refractivity contribution < 1.29 is 9.18 Å². The first-order valence-corrected chi connectivity index (χ1v) is 9.25. The molecule has 2 aromatic rings. The number of carbonyl (C=O) groups excluding carboxylic acids is 1. The van der Waals surface area contributed by atoms with Crippen molar-refractivity contribution in [2.45, 2.75) is 26.3 Å². The Kier molecular flexibility index (Phi) is 5.31. The van der Waals surface area contributed by atoms with E-state index < -0.39 is 0 Å². The second-order valence-corrected chi connectivity index (χ2v) is 7.53. The van der Waals surface area contributed by atoms with Gasteiger partial charge in [0, 0.05) is 43.0 Å². The van der Waals surface area contributed by atoms with E-state index in [0.29, 0.717) is 5.92 Å². The fourth-order valence-corrected chi connectivity index (χ4v) is 3.85. The molecule has 1 fully saturated rings. The van der Waals surface area contributed by atoms with Crippen molar-refractivity contribution in [3.05, 3.63) is 57.5 Å². The normalized spacial score (nSPS) is 15.9. The van der Waals surface area contributed by atoms with Gasteiger partial charge < -0.3 is 4.90 Å². The van der Waals surface area contributed by atoms with Gasteiger partial charge >= 0.3 is 0 Å². The van der Waals surface area contributed by atoms with Crippen LogP contribution in [0.2, 0.25) is 0 Å².